The van der Waals surface area contributed by atoms with E-state index in [9.17, 15) is 0 Å². The van der Waals surface area contributed by atoms with Crippen molar-refractivity contribution >= 4 is 17.8 Å². The Morgan fingerprint density at radius 1 is 1.53 bits per heavy atom. The molecular weight excluding hydrogens is 242 g/mol. The van der Waals surface area contributed by atoms with E-state index in [1.807, 2.05) is 6.92 Å². The summed E-state index contributed by atoms with van der Waals surface area (Å²) in [6.45, 7) is 2.40. The van der Waals surface area contributed by atoms with E-state index >= 15 is 0 Å². The Kier molecular flexibility index (Phi) is 5.18. The summed E-state index contributed by atoms with van der Waals surface area (Å²) in [5.74, 6) is 3.20. The summed E-state index contributed by atoms with van der Waals surface area (Å²) in [4.78, 5) is 0. The molecule has 1 N–H and O–H groups in total. The monoisotopic (exact) mass is 253 g/mol. The molecule has 1 aromatic rings. The van der Waals surface area contributed by atoms with Crippen LogP contribution in [0.5, 0.6) is 11.5 Å². The van der Waals surface area contributed by atoms with Gasteiger partial charge < -0.3 is 14.7 Å². The quantitative estimate of drug-likeness (QED) is 0.380. The highest BCUT2D eigenvalue weighted by molar-refractivity contribution is 6.32. The van der Waals surface area contributed by atoms with Crippen LogP contribution in [0.3, 0.4) is 0 Å². The van der Waals surface area contributed by atoms with Gasteiger partial charge in [0.05, 0.1) is 17.8 Å². The summed E-state index contributed by atoms with van der Waals surface area (Å²) in [6.07, 6.45) is 6.36. The molecule has 4 nitrogen and oxygen atoms in total. The summed E-state index contributed by atoms with van der Waals surface area (Å²) < 4.78 is 10.7. The zero-order valence-electron chi connectivity index (χ0n) is 9.31. The summed E-state index contributed by atoms with van der Waals surface area (Å²) in [5.41, 5.74) is 0.606. The van der Waals surface area contributed by atoms with Gasteiger partial charge in [-0.15, -0.1) is 6.42 Å². The Morgan fingerprint density at radius 3 is 2.88 bits per heavy atom. The van der Waals surface area contributed by atoms with Crippen molar-refractivity contribution in [1.29, 1.82) is 0 Å². The molecule has 0 heterocycles. The Balaban J connectivity index is 3.13. The largest absolute Gasteiger partial charge is 0.490 e. The van der Waals surface area contributed by atoms with Crippen LogP contribution in [0.1, 0.15) is 12.5 Å². The van der Waals surface area contributed by atoms with E-state index in [0.717, 1.165) is 0 Å². The van der Waals surface area contributed by atoms with E-state index in [2.05, 4.69) is 11.1 Å². The predicted octanol–water partition coefficient (Wildman–Crippen LogP) is 2.56. The van der Waals surface area contributed by atoms with Crippen molar-refractivity contribution in [3.63, 3.8) is 0 Å². The van der Waals surface area contributed by atoms with Gasteiger partial charge >= 0.3 is 0 Å². The average Bonchev–Trinajstić information content (AvgIpc) is 2.29. The zero-order valence-corrected chi connectivity index (χ0v) is 10.1. The lowest BCUT2D eigenvalue weighted by Gasteiger charge is -2.12. The standard InChI is InChI=1S/C12H12ClNO3/c1-3-5-17-12-10(13)6-9(8-14-15)7-11(12)16-4-2/h1,6-8,15H,4-5H2,2H3/b14-8+. The Bertz CT molecular complexity index is 452. The first kappa shape index (κ1) is 13.2. The fraction of sp³-hybridized carbons (Fsp3) is 0.250. The molecule has 0 amide bonds. The SMILES string of the molecule is C#CCOc1c(Cl)cc(/C=N/O)cc1OCC. The van der Waals surface area contributed by atoms with Crippen molar-refractivity contribution < 1.29 is 14.7 Å². The third-order valence-corrected chi connectivity index (χ3v) is 2.12. The predicted molar refractivity (Wildman–Crippen MR) is 66.3 cm³/mol. The van der Waals surface area contributed by atoms with E-state index < -0.39 is 0 Å². The Labute approximate surface area is 105 Å². The summed E-state index contributed by atoms with van der Waals surface area (Å²) in [7, 11) is 0. The molecular formula is C12H12ClNO3. The molecule has 0 saturated carbocycles. The van der Waals surface area contributed by atoms with Crippen LogP contribution in [-0.4, -0.2) is 24.6 Å². The molecule has 0 aliphatic carbocycles. The van der Waals surface area contributed by atoms with Crippen molar-refractivity contribution in [3.8, 4) is 23.8 Å². The lowest BCUT2D eigenvalue weighted by atomic mass is 10.2. The van der Waals surface area contributed by atoms with Gasteiger partial charge in [0.2, 0.25) is 0 Å². The number of halogens is 1. The Morgan fingerprint density at radius 2 is 2.29 bits per heavy atom. The molecule has 1 aromatic carbocycles. The normalized spacial score (nSPS) is 10.2. The van der Waals surface area contributed by atoms with Crippen LogP contribution in [0, 0.1) is 12.3 Å². The zero-order chi connectivity index (χ0) is 12.7. The third-order valence-electron chi connectivity index (χ3n) is 1.84. The second kappa shape index (κ2) is 6.66. The van der Waals surface area contributed by atoms with Crippen molar-refractivity contribution in [3.05, 3.63) is 22.7 Å². The molecule has 1 rings (SSSR count). The molecule has 0 radical (unpaired) electrons. The fourth-order valence-corrected chi connectivity index (χ4v) is 1.52. The highest BCUT2D eigenvalue weighted by Gasteiger charge is 2.11. The van der Waals surface area contributed by atoms with Gasteiger partial charge in [-0.1, -0.05) is 22.7 Å². The lowest BCUT2D eigenvalue weighted by molar-refractivity contribution is 0.299. The highest BCUT2D eigenvalue weighted by atomic mass is 35.5. The molecule has 0 atom stereocenters. The maximum Gasteiger partial charge on any atom is 0.181 e. The van der Waals surface area contributed by atoms with Crippen molar-refractivity contribution in [2.24, 2.45) is 5.16 Å². The minimum Gasteiger partial charge on any atom is -0.490 e. The van der Waals surface area contributed by atoms with Gasteiger partial charge in [-0.3, -0.25) is 0 Å². The second-order valence-corrected chi connectivity index (χ2v) is 3.41. The van der Waals surface area contributed by atoms with Gasteiger partial charge in [-0.05, 0) is 19.1 Å². The molecule has 0 aliphatic rings. The molecule has 17 heavy (non-hydrogen) atoms. The summed E-state index contributed by atoms with van der Waals surface area (Å²) in [6, 6.07) is 3.25. The maximum atomic E-state index is 8.47. The van der Waals surface area contributed by atoms with Gasteiger partial charge in [-0.25, -0.2) is 0 Å². The first-order valence-corrected chi connectivity index (χ1v) is 5.30. The number of oxime groups is 1. The van der Waals surface area contributed by atoms with Crippen LogP contribution in [0.2, 0.25) is 5.02 Å². The molecule has 0 spiro atoms. The maximum absolute atomic E-state index is 8.47. The van der Waals surface area contributed by atoms with Crippen molar-refractivity contribution in [2.45, 2.75) is 6.92 Å². The molecule has 0 aliphatic heterocycles. The van der Waals surface area contributed by atoms with Crippen LogP contribution in [-0.2, 0) is 0 Å². The number of benzene rings is 1. The number of terminal acetylenes is 1. The number of hydrogen-bond donors (Lipinski definition) is 1. The van der Waals surface area contributed by atoms with Gasteiger partial charge in [0, 0.05) is 5.56 Å². The van der Waals surface area contributed by atoms with Gasteiger partial charge in [0.25, 0.3) is 0 Å². The number of rotatable bonds is 5. The van der Waals surface area contributed by atoms with Crippen LogP contribution in [0.4, 0.5) is 0 Å². The number of nitrogens with zero attached hydrogens (tertiary/aromatic N) is 1. The van der Waals surface area contributed by atoms with Gasteiger partial charge in [0.15, 0.2) is 11.5 Å². The molecule has 0 fully saturated rings. The molecule has 0 bridgehead atoms. The topological polar surface area (TPSA) is 51.0 Å². The lowest BCUT2D eigenvalue weighted by Crippen LogP contribution is -2.01. The van der Waals surface area contributed by atoms with Gasteiger partial charge in [-0.2, -0.15) is 0 Å². The van der Waals surface area contributed by atoms with Gasteiger partial charge in [0.1, 0.15) is 6.61 Å². The minimum atomic E-state index is 0.104. The van der Waals surface area contributed by atoms with Crippen LogP contribution in [0.15, 0.2) is 17.3 Å². The van der Waals surface area contributed by atoms with Crippen LogP contribution < -0.4 is 9.47 Å². The van der Waals surface area contributed by atoms with Crippen LogP contribution >= 0.6 is 11.6 Å². The third kappa shape index (κ3) is 3.58. The first-order chi connectivity index (χ1) is 8.22. The van der Waals surface area contributed by atoms with E-state index in [1.165, 1.54) is 6.21 Å². The van der Waals surface area contributed by atoms with Crippen molar-refractivity contribution in [2.75, 3.05) is 13.2 Å². The molecule has 0 unspecified atom stereocenters. The van der Waals surface area contributed by atoms with E-state index in [-0.39, 0.29) is 6.61 Å². The number of ether oxygens (including phenoxy) is 2. The summed E-state index contributed by atoms with van der Waals surface area (Å²) >= 11 is 6.02. The smallest absolute Gasteiger partial charge is 0.181 e. The van der Waals surface area contributed by atoms with E-state index in [1.54, 1.807) is 12.1 Å². The first-order valence-electron chi connectivity index (χ1n) is 4.93. The molecule has 0 aromatic heterocycles. The van der Waals surface area contributed by atoms with Crippen LogP contribution in [0.25, 0.3) is 0 Å². The molecule has 5 heteroatoms. The van der Waals surface area contributed by atoms with Crippen molar-refractivity contribution in [1.82, 2.24) is 0 Å². The molecule has 90 valence electrons. The highest BCUT2D eigenvalue weighted by Crippen LogP contribution is 2.36. The fourth-order valence-electron chi connectivity index (χ4n) is 1.25. The van der Waals surface area contributed by atoms with E-state index in [4.69, 9.17) is 32.7 Å². The number of hydrogen-bond acceptors (Lipinski definition) is 4. The minimum absolute atomic E-state index is 0.104. The summed E-state index contributed by atoms with van der Waals surface area (Å²) in [5, 5.41) is 11.7. The Hall–Kier alpha value is -1.86. The van der Waals surface area contributed by atoms with E-state index in [0.29, 0.717) is 28.7 Å². The average molecular weight is 254 g/mol. The second-order valence-electron chi connectivity index (χ2n) is 3.00. The molecule has 0 saturated heterocycles.